The molecule has 4 rings (SSSR count). The van der Waals surface area contributed by atoms with Gasteiger partial charge in [0.1, 0.15) is 19.0 Å². The van der Waals surface area contributed by atoms with E-state index in [0.717, 1.165) is 22.6 Å². The minimum Gasteiger partial charge on any atom is -0.493 e. The zero-order valence-electron chi connectivity index (χ0n) is 20.8. The van der Waals surface area contributed by atoms with Crippen molar-refractivity contribution in [3.63, 3.8) is 0 Å². The highest BCUT2D eigenvalue weighted by atomic mass is 16.6. The number of methoxy groups -OCH3 is 1. The van der Waals surface area contributed by atoms with Crippen molar-refractivity contribution in [2.75, 3.05) is 38.5 Å². The van der Waals surface area contributed by atoms with E-state index < -0.39 is 0 Å². The maximum Gasteiger partial charge on any atom is 0.280 e. The Labute approximate surface area is 211 Å². The van der Waals surface area contributed by atoms with Crippen LogP contribution >= 0.6 is 0 Å². The minimum absolute atomic E-state index is 0.165. The summed E-state index contributed by atoms with van der Waals surface area (Å²) in [6.45, 7) is 5.58. The third kappa shape index (κ3) is 6.12. The van der Waals surface area contributed by atoms with Crippen LogP contribution in [-0.4, -0.2) is 45.2 Å². The molecular weight excluding hydrogens is 456 g/mol. The van der Waals surface area contributed by atoms with Crippen LogP contribution in [0.3, 0.4) is 0 Å². The molecule has 1 aliphatic heterocycles. The second kappa shape index (κ2) is 12.0. The van der Waals surface area contributed by atoms with Gasteiger partial charge in [-0.05, 0) is 61.4 Å². The molecule has 0 bridgehead atoms. The first-order valence-corrected chi connectivity index (χ1v) is 11.8. The summed E-state index contributed by atoms with van der Waals surface area (Å²) in [7, 11) is 1.59. The Kier molecular flexibility index (Phi) is 8.36. The number of aryl methyl sites for hydroxylation is 1. The van der Waals surface area contributed by atoms with Crippen molar-refractivity contribution in [1.29, 1.82) is 0 Å². The van der Waals surface area contributed by atoms with Gasteiger partial charge in [0.05, 0.1) is 37.3 Å². The fraction of sp³-hybridized carbons (Fsp3) is 0.241. The third-order valence-electron chi connectivity index (χ3n) is 5.63. The van der Waals surface area contributed by atoms with Gasteiger partial charge in [0.2, 0.25) is 0 Å². The van der Waals surface area contributed by atoms with E-state index in [1.165, 1.54) is 5.01 Å². The van der Waals surface area contributed by atoms with Gasteiger partial charge in [-0.2, -0.15) is 10.1 Å². The zero-order valence-corrected chi connectivity index (χ0v) is 20.8. The Balaban J connectivity index is 1.29. The number of hydrogen-bond acceptors (Lipinski definition) is 6. The van der Waals surface area contributed by atoms with Crippen molar-refractivity contribution in [2.45, 2.75) is 13.8 Å². The number of ether oxygens (including phenoxy) is 4. The second-order valence-electron chi connectivity index (χ2n) is 8.18. The molecule has 1 amide bonds. The predicted molar refractivity (Wildman–Crippen MR) is 141 cm³/mol. The first-order valence-electron chi connectivity index (χ1n) is 11.8. The highest BCUT2D eigenvalue weighted by Gasteiger charge is 2.28. The number of hydrazone groups is 1. The molecule has 0 fully saturated rings. The summed E-state index contributed by atoms with van der Waals surface area (Å²) in [6, 6.07) is 22.8. The maximum atomic E-state index is 13.0. The highest BCUT2D eigenvalue weighted by Crippen LogP contribution is 2.30. The molecule has 1 heterocycles. The Morgan fingerprint density at radius 1 is 0.806 bits per heavy atom. The standard InChI is InChI=1S/C29H30N2O5/c1-21-9-7-8-12-26(21)35-17-15-34-16-18-36-27-14-13-23(20-28(27)33-3)19-25-22(2)30-31(29(25)32)24-10-5-4-6-11-24/h4-14,19-20H,15-18H2,1-3H3. The van der Waals surface area contributed by atoms with E-state index in [-0.39, 0.29) is 5.91 Å². The van der Waals surface area contributed by atoms with Gasteiger partial charge in [-0.15, -0.1) is 0 Å². The molecule has 3 aromatic carbocycles. The molecule has 7 nitrogen and oxygen atoms in total. The fourth-order valence-electron chi connectivity index (χ4n) is 3.73. The molecular formula is C29H30N2O5. The van der Waals surface area contributed by atoms with Crippen LogP contribution in [0.2, 0.25) is 0 Å². The van der Waals surface area contributed by atoms with Crippen LogP contribution in [0.5, 0.6) is 17.2 Å². The molecule has 0 radical (unpaired) electrons. The van der Waals surface area contributed by atoms with Crippen LogP contribution in [0.25, 0.3) is 6.08 Å². The molecule has 0 unspecified atom stereocenters. The van der Waals surface area contributed by atoms with Crippen molar-refractivity contribution in [3.05, 3.63) is 89.5 Å². The van der Waals surface area contributed by atoms with Gasteiger partial charge in [0, 0.05) is 0 Å². The van der Waals surface area contributed by atoms with Gasteiger partial charge in [0.25, 0.3) is 5.91 Å². The number of amides is 1. The van der Waals surface area contributed by atoms with Crippen molar-refractivity contribution in [1.82, 2.24) is 0 Å². The van der Waals surface area contributed by atoms with E-state index >= 15 is 0 Å². The molecule has 0 atom stereocenters. The van der Waals surface area contributed by atoms with Gasteiger partial charge in [0.15, 0.2) is 11.5 Å². The summed E-state index contributed by atoms with van der Waals surface area (Å²) in [5.74, 6) is 1.88. The smallest absolute Gasteiger partial charge is 0.280 e. The molecule has 0 saturated heterocycles. The van der Waals surface area contributed by atoms with Crippen LogP contribution in [0.4, 0.5) is 5.69 Å². The summed E-state index contributed by atoms with van der Waals surface area (Å²) in [4.78, 5) is 13.0. The number of rotatable bonds is 11. The average molecular weight is 487 g/mol. The van der Waals surface area contributed by atoms with Gasteiger partial charge < -0.3 is 18.9 Å². The molecule has 7 heteroatoms. The number of carbonyl (C=O) groups is 1. The first kappa shape index (κ1) is 25.0. The Bertz CT molecular complexity index is 1250. The summed E-state index contributed by atoms with van der Waals surface area (Å²) in [5, 5.41) is 5.84. The quantitative estimate of drug-likeness (QED) is 0.272. The molecule has 36 heavy (non-hydrogen) atoms. The lowest BCUT2D eigenvalue weighted by molar-refractivity contribution is -0.114. The lowest BCUT2D eigenvalue weighted by Gasteiger charge is -2.13. The lowest BCUT2D eigenvalue weighted by atomic mass is 10.1. The molecule has 0 saturated carbocycles. The van der Waals surface area contributed by atoms with E-state index in [2.05, 4.69) is 5.10 Å². The van der Waals surface area contributed by atoms with Gasteiger partial charge >= 0.3 is 0 Å². The number of para-hydroxylation sites is 2. The average Bonchev–Trinajstić information content (AvgIpc) is 3.18. The molecule has 0 aliphatic carbocycles. The van der Waals surface area contributed by atoms with E-state index in [1.54, 1.807) is 7.11 Å². The summed E-state index contributed by atoms with van der Waals surface area (Å²) in [6.07, 6.45) is 1.81. The summed E-state index contributed by atoms with van der Waals surface area (Å²) in [5.41, 5.74) is 3.84. The second-order valence-corrected chi connectivity index (χ2v) is 8.18. The SMILES string of the molecule is COc1cc(C=C2C(=O)N(c3ccccc3)N=C2C)ccc1OCCOCCOc1ccccc1C. The van der Waals surface area contributed by atoms with Gasteiger partial charge in [-0.1, -0.05) is 42.5 Å². The molecule has 186 valence electrons. The number of carbonyl (C=O) groups excluding carboxylic acids is 1. The lowest BCUT2D eigenvalue weighted by Crippen LogP contribution is -2.21. The van der Waals surface area contributed by atoms with Crippen LogP contribution in [0.15, 0.2) is 83.5 Å². The van der Waals surface area contributed by atoms with Gasteiger partial charge in [-0.3, -0.25) is 4.79 Å². The third-order valence-corrected chi connectivity index (χ3v) is 5.63. The molecule has 1 aliphatic rings. The fourth-order valence-corrected chi connectivity index (χ4v) is 3.73. The van der Waals surface area contributed by atoms with Crippen molar-refractivity contribution in [3.8, 4) is 17.2 Å². The molecule has 3 aromatic rings. The number of benzene rings is 3. The normalized spacial score (nSPS) is 14.2. The minimum atomic E-state index is -0.165. The number of nitrogens with zero attached hydrogens (tertiary/aromatic N) is 2. The van der Waals surface area contributed by atoms with E-state index in [1.807, 2.05) is 92.7 Å². The van der Waals surface area contributed by atoms with E-state index in [4.69, 9.17) is 18.9 Å². The molecule has 0 aromatic heterocycles. The van der Waals surface area contributed by atoms with Crippen LogP contribution < -0.4 is 19.2 Å². The largest absolute Gasteiger partial charge is 0.493 e. The molecule has 0 N–H and O–H groups in total. The first-order chi connectivity index (χ1) is 17.6. The number of hydrogen-bond donors (Lipinski definition) is 0. The number of anilines is 1. The Hall–Kier alpha value is -4.10. The van der Waals surface area contributed by atoms with Crippen molar-refractivity contribution in [2.24, 2.45) is 5.10 Å². The highest BCUT2D eigenvalue weighted by molar-refractivity contribution is 6.32. The van der Waals surface area contributed by atoms with E-state index in [9.17, 15) is 4.79 Å². The maximum absolute atomic E-state index is 13.0. The monoisotopic (exact) mass is 486 g/mol. The summed E-state index contributed by atoms with van der Waals surface area (Å²) < 4.78 is 22.7. The Morgan fingerprint density at radius 3 is 2.22 bits per heavy atom. The van der Waals surface area contributed by atoms with Crippen LogP contribution in [0.1, 0.15) is 18.1 Å². The van der Waals surface area contributed by atoms with Crippen LogP contribution in [0, 0.1) is 6.92 Å². The topological polar surface area (TPSA) is 69.6 Å². The van der Waals surface area contributed by atoms with Crippen LogP contribution in [-0.2, 0) is 9.53 Å². The predicted octanol–water partition coefficient (Wildman–Crippen LogP) is 5.28. The molecule has 0 spiro atoms. The Morgan fingerprint density at radius 2 is 1.50 bits per heavy atom. The zero-order chi connectivity index (χ0) is 25.3. The van der Waals surface area contributed by atoms with Crippen molar-refractivity contribution < 1.29 is 23.7 Å². The summed E-state index contributed by atoms with van der Waals surface area (Å²) >= 11 is 0. The van der Waals surface area contributed by atoms with E-state index in [0.29, 0.717) is 49.2 Å². The van der Waals surface area contributed by atoms with Crippen molar-refractivity contribution >= 4 is 23.4 Å². The van der Waals surface area contributed by atoms with Gasteiger partial charge in [-0.25, -0.2) is 0 Å².